The lowest BCUT2D eigenvalue weighted by Crippen LogP contribution is -2.37. The summed E-state index contributed by atoms with van der Waals surface area (Å²) in [4.78, 5) is 11.3. The zero-order valence-corrected chi connectivity index (χ0v) is 18.5. The Morgan fingerprint density at radius 3 is 2.69 bits per heavy atom. The van der Waals surface area contributed by atoms with Crippen LogP contribution in [0.1, 0.15) is 44.6 Å². The molecule has 1 aliphatic rings. The van der Waals surface area contributed by atoms with Crippen LogP contribution >= 0.6 is 24.0 Å². The van der Waals surface area contributed by atoms with Crippen LogP contribution in [0.25, 0.3) is 0 Å². The van der Waals surface area contributed by atoms with Crippen LogP contribution in [0.4, 0.5) is 5.82 Å². The van der Waals surface area contributed by atoms with Crippen LogP contribution in [0.2, 0.25) is 0 Å². The highest BCUT2D eigenvalue weighted by Gasteiger charge is 2.11. The third kappa shape index (κ3) is 8.53. The minimum atomic E-state index is 0. The van der Waals surface area contributed by atoms with E-state index in [1.54, 1.807) is 7.05 Å². The van der Waals surface area contributed by atoms with Crippen LogP contribution < -0.4 is 15.5 Å². The molecule has 6 nitrogen and oxygen atoms in total. The highest BCUT2D eigenvalue weighted by molar-refractivity contribution is 14.0. The molecule has 0 saturated carbocycles. The van der Waals surface area contributed by atoms with Gasteiger partial charge in [0.05, 0.1) is 0 Å². The fraction of sp³-hybridized carbons (Fsp3) is 0.684. The maximum absolute atomic E-state index is 5.35. The lowest BCUT2D eigenvalue weighted by Gasteiger charge is -2.22. The Balaban J connectivity index is 0.00000338. The van der Waals surface area contributed by atoms with Crippen LogP contribution in [0.3, 0.4) is 0 Å². The van der Waals surface area contributed by atoms with E-state index >= 15 is 0 Å². The molecular formula is C19H34IN5O. The topological polar surface area (TPSA) is 61.8 Å². The van der Waals surface area contributed by atoms with Gasteiger partial charge in [0.15, 0.2) is 5.96 Å². The molecule has 0 unspecified atom stereocenters. The van der Waals surface area contributed by atoms with Crippen molar-refractivity contribution in [1.29, 1.82) is 0 Å². The second-order valence-electron chi connectivity index (χ2n) is 6.33. The van der Waals surface area contributed by atoms with E-state index in [4.69, 9.17) is 4.74 Å². The minimum Gasteiger partial charge on any atom is -0.382 e. The normalized spacial score (nSPS) is 15.2. The fourth-order valence-corrected chi connectivity index (χ4v) is 2.98. The largest absolute Gasteiger partial charge is 0.382 e. The fourth-order valence-electron chi connectivity index (χ4n) is 2.98. The molecule has 1 saturated heterocycles. The molecule has 1 fully saturated rings. The van der Waals surface area contributed by atoms with Gasteiger partial charge in [-0.2, -0.15) is 0 Å². The number of hydrogen-bond donors (Lipinski definition) is 2. The smallest absolute Gasteiger partial charge is 0.191 e. The highest BCUT2D eigenvalue weighted by Crippen LogP contribution is 2.18. The lowest BCUT2D eigenvalue weighted by molar-refractivity contribution is 0.145. The van der Waals surface area contributed by atoms with Gasteiger partial charge in [-0.3, -0.25) is 4.99 Å². The van der Waals surface area contributed by atoms with Gasteiger partial charge in [0, 0.05) is 52.6 Å². The number of aliphatic imine (C=N–C) groups is 1. The summed E-state index contributed by atoms with van der Waals surface area (Å²) in [5.41, 5.74) is 1.23. The van der Waals surface area contributed by atoms with E-state index in [-0.39, 0.29) is 24.0 Å². The first kappa shape index (κ1) is 23.0. The number of nitrogens with one attached hydrogen (secondary N) is 2. The van der Waals surface area contributed by atoms with E-state index < -0.39 is 0 Å². The molecule has 1 aliphatic heterocycles. The molecule has 7 heteroatoms. The predicted molar refractivity (Wildman–Crippen MR) is 120 cm³/mol. The molecule has 0 atom stereocenters. The number of ether oxygens (including phenoxy) is 1. The summed E-state index contributed by atoms with van der Waals surface area (Å²) in [6, 6.07) is 4.26. The second kappa shape index (κ2) is 14.0. The van der Waals surface area contributed by atoms with Gasteiger partial charge in [-0.1, -0.05) is 12.8 Å². The number of rotatable bonds is 8. The Bertz CT molecular complexity index is 518. The van der Waals surface area contributed by atoms with Crippen LogP contribution in [-0.2, 0) is 11.3 Å². The molecule has 2 N–H and O–H groups in total. The Morgan fingerprint density at radius 2 is 2.00 bits per heavy atom. The third-order valence-electron chi connectivity index (χ3n) is 4.39. The van der Waals surface area contributed by atoms with Gasteiger partial charge in [0.1, 0.15) is 5.82 Å². The molecule has 2 heterocycles. The molecule has 0 bridgehead atoms. The minimum absolute atomic E-state index is 0. The van der Waals surface area contributed by atoms with Crippen molar-refractivity contribution in [2.24, 2.45) is 4.99 Å². The van der Waals surface area contributed by atoms with Crippen molar-refractivity contribution >= 4 is 35.8 Å². The summed E-state index contributed by atoms with van der Waals surface area (Å²) in [6.07, 6.45) is 8.09. The van der Waals surface area contributed by atoms with Crippen LogP contribution in [0.5, 0.6) is 0 Å². The van der Waals surface area contributed by atoms with E-state index in [9.17, 15) is 0 Å². The van der Waals surface area contributed by atoms with Gasteiger partial charge in [0.25, 0.3) is 0 Å². The van der Waals surface area contributed by atoms with Crippen molar-refractivity contribution in [2.45, 2.75) is 45.6 Å². The second-order valence-corrected chi connectivity index (χ2v) is 6.33. The van der Waals surface area contributed by atoms with Gasteiger partial charge in [-0.25, -0.2) is 4.98 Å². The SMILES string of the molecule is CCOCCCNC(=NC)NCc1ccnc(N2CCCCCC2)c1.I. The first-order valence-electron chi connectivity index (χ1n) is 9.55. The summed E-state index contributed by atoms with van der Waals surface area (Å²) >= 11 is 0. The van der Waals surface area contributed by atoms with Gasteiger partial charge in [0.2, 0.25) is 0 Å². The predicted octanol–water partition coefficient (Wildman–Crippen LogP) is 3.17. The molecule has 1 aromatic heterocycles. The van der Waals surface area contributed by atoms with Crippen molar-refractivity contribution in [3.63, 3.8) is 0 Å². The Hall–Kier alpha value is -1.09. The summed E-state index contributed by atoms with van der Waals surface area (Å²) in [7, 11) is 1.80. The molecule has 1 aromatic rings. The molecule has 26 heavy (non-hydrogen) atoms. The maximum atomic E-state index is 5.35. The Labute approximate surface area is 175 Å². The van der Waals surface area contributed by atoms with Crippen molar-refractivity contribution in [1.82, 2.24) is 15.6 Å². The monoisotopic (exact) mass is 475 g/mol. The van der Waals surface area contributed by atoms with E-state index in [1.165, 1.54) is 31.2 Å². The number of hydrogen-bond acceptors (Lipinski definition) is 4. The third-order valence-corrected chi connectivity index (χ3v) is 4.39. The van der Waals surface area contributed by atoms with Gasteiger partial charge in [-0.15, -0.1) is 24.0 Å². The summed E-state index contributed by atoms with van der Waals surface area (Å²) in [5, 5.41) is 6.69. The zero-order chi connectivity index (χ0) is 17.7. The van der Waals surface area contributed by atoms with E-state index in [1.807, 2.05) is 13.1 Å². The molecule has 0 aliphatic carbocycles. The highest BCUT2D eigenvalue weighted by atomic mass is 127. The number of anilines is 1. The van der Waals surface area contributed by atoms with Crippen LogP contribution in [0, 0.1) is 0 Å². The molecule has 0 aromatic carbocycles. The van der Waals surface area contributed by atoms with Crippen molar-refractivity contribution in [3.8, 4) is 0 Å². The molecule has 148 valence electrons. The summed E-state index contributed by atoms with van der Waals surface area (Å²) < 4.78 is 5.35. The first-order valence-corrected chi connectivity index (χ1v) is 9.55. The number of pyridine rings is 1. The van der Waals surface area contributed by atoms with E-state index in [0.717, 1.165) is 57.6 Å². The summed E-state index contributed by atoms with van der Waals surface area (Å²) in [5.74, 6) is 1.92. The Kier molecular flexibility index (Phi) is 12.4. The summed E-state index contributed by atoms with van der Waals surface area (Å²) in [6.45, 7) is 7.41. The number of halogens is 1. The average Bonchev–Trinajstić information content (AvgIpc) is 2.94. The zero-order valence-electron chi connectivity index (χ0n) is 16.2. The molecule has 0 radical (unpaired) electrons. The van der Waals surface area contributed by atoms with Crippen LogP contribution in [-0.4, -0.2) is 50.8 Å². The standard InChI is InChI=1S/C19H33N5O.HI/c1-3-25-14-8-10-22-19(20-2)23-16-17-9-11-21-18(15-17)24-12-6-4-5-7-13-24;/h9,11,15H,3-8,10,12-14,16H2,1-2H3,(H2,20,22,23);1H. The van der Waals surface area contributed by atoms with Gasteiger partial charge >= 0.3 is 0 Å². The number of nitrogens with zero attached hydrogens (tertiary/aromatic N) is 3. The molecular weight excluding hydrogens is 441 g/mol. The number of aromatic nitrogens is 1. The van der Waals surface area contributed by atoms with Crippen molar-refractivity contribution in [3.05, 3.63) is 23.9 Å². The number of guanidine groups is 1. The first-order chi connectivity index (χ1) is 12.3. The molecule has 0 amide bonds. The Morgan fingerprint density at radius 1 is 1.23 bits per heavy atom. The maximum Gasteiger partial charge on any atom is 0.191 e. The molecule has 2 rings (SSSR count). The van der Waals surface area contributed by atoms with Crippen molar-refractivity contribution in [2.75, 3.05) is 44.8 Å². The van der Waals surface area contributed by atoms with Crippen molar-refractivity contribution < 1.29 is 4.74 Å². The van der Waals surface area contributed by atoms with E-state index in [0.29, 0.717) is 0 Å². The van der Waals surface area contributed by atoms with Gasteiger partial charge in [-0.05, 0) is 43.9 Å². The van der Waals surface area contributed by atoms with E-state index in [2.05, 4.69) is 37.6 Å². The lowest BCUT2D eigenvalue weighted by atomic mass is 10.2. The molecule has 0 spiro atoms. The van der Waals surface area contributed by atoms with Gasteiger partial charge < -0.3 is 20.3 Å². The van der Waals surface area contributed by atoms with Crippen LogP contribution in [0.15, 0.2) is 23.3 Å². The average molecular weight is 475 g/mol. The quantitative estimate of drug-likeness (QED) is 0.262.